The van der Waals surface area contributed by atoms with E-state index in [0.717, 1.165) is 13.0 Å². The van der Waals surface area contributed by atoms with Crippen LogP contribution in [0.3, 0.4) is 0 Å². The van der Waals surface area contributed by atoms with Crippen LogP contribution in [0.5, 0.6) is 11.5 Å². The Morgan fingerprint density at radius 2 is 1.95 bits per heavy atom. The van der Waals surface area contributed by atoms with E-state index < -0.39 is 5.97 Å². The van der Waals surface area contributed by atoms with Gasteiger partial charge in [0.1, 0.15) is 0 Å². The zero-order valence-electron chi connectivity index (χ0n) is 11.9. The number of esters is 1. The SMILES string of the molecule is COC(=O)c1ccc(OCCCN(C)C)c(OC)c1. The third-order valence-corrected chi connectivity index (χ3v) is 2.59. The van der Waals surface area contributed by atoms with Crippen LogP contribution in [0.25, 0.3) is 0 Å². The van der Waals surface area contributed by atoms with Gasteiger partial charge in [0.25, 0.3) is 0 Å². The Morgan fingerprint density at radius 1 is 1.21 bits per heavy atom. The van der Waals surface area contributed by atoms with Crippen molar-refractivity contribution >= 4 is 5.97 Å². The molecule has 0 fully saturated rings. The Labute approximate surface area is 114 Å². The molecule has 0 N–H and O–H groups in total. The summed E-state index contributed by atoms with van der Waals surface area (Å²) in [6, 6.07) is 5.00. The largest absolute Gasteiger partial charge is 0.493 e. The number of hydrogen-bond donors (Lipinski definition) is 0. The first kappa shape index (κ1) is 15.3. The maximum absolute atomic E-state index is 11.4. The monoisotopic (exact) mass is 267 g/mol. The van der Waals surface area contributed by atoms with E-state index in [-0.39, 0.29) is 0 Å². The molecule has 0 unspecified atom stereocenters. The Bertz CT molecular complexity index is 418. The topological polar surface area (TPSA) is 48.0 Å². The summed E-state index contributed by atoms with van der Waals surface area (Å²) in [7, 11) is 6.93. The van der Waals surface area contributed by atoms with E-state index >= 15 is 0 Å². The molecule has 0 radical (unpaired) electrons. The number of methoxy groups -OCH3 is 2. The Kier molecular flexibility index (Phi) is 6.15. The van der Waals surface area contributed by atoms with Crippen molar-refractivity contribution in [2.24, 2.45) is 0 Å². The highest BCUT2D eigenvalue weighted by atomic mass is 16.5. The van der Waals surface area contributed by atoms with Gasteiger partial charge in [-0.25, -0.2) is 4.79 Å². The van der Waals surface area contributed by atoms with E-state index in [1.807, 2.05) is 14.1 Å². The lowest BCUT2D eigenvalue weighted by atomic mass is 10.2. The van der Waals surface area contributed by atoms with E-state index in [1.54, 1.807) is 25.3 Å². The van der Waals surface area contributed by atoms with E-state index in [4.69, 9.17) is 9.47 Å². The molecule has 0 aromatic heterocycles. The molecule has 0 aliphatic rings. The lowest BCUT2D eigenvalue weighted by Crippen LogP contribution is -2.15. The number of rotatable bonds is 7. The molecule has 0 aliphatic carbocycles. The van der Waals surface area contributed by atoms with Crippen LogP contribution in [0.4, 0.5) is 0 Å². The maximum Gasteiger partial charge on any atom is 0.337 e. The van der Waals surface area contributed by atoms with Crippen LogP contribution in [-0.4, -0.2) is 52.3 Å². The lowest BCUT2D eigenvalue weighted by molar-refractivity contribution is 0.0600. The van der Waals surface area contributed by atoms with Gasteiger partial charge in [0.15, 0.2) is 11.5 Å². The summed E-state index contributed by atoms with van der Waals surface area (Å²) >= 11 is 0. The van der Waals surface area contributed by atoms with Crippen molar-refractivity contribution in [3.05, 3.63) is 23.8 Å². The summed E-state index contributed by atoms with van der Waals surface area (Å²) in [4.78, 5) is 13.5. The van der Waals surface area contributed by atoms with Crippen LogP contribution >= 0.6 is 0 Å². The molecular formula is C14H21NO4. The van der Waals surface area contributed by atoms with Crippen molar-refractivity contribution in [3.63, 3.8) is 0 Å². The van der Waals surface area contributed by atoms with Gasteiger partial charge in [-0.15, -0.1) is 0 Å². The molecule has 5 nitrogen and oxygen atoms in total. The first-order valence-electron chi connectivity index (χ1n) is 6.12. The fourth-order valence-corrected chi connectivity index (χ4v) is 1.59. The summed E-state index contributed by atoms with van der Waals surface area (Å²) in [5.74, 6) is 0.777. The van der Waals surface area contributed by atoms with Crippen LogP contribution in [0.15, 0.2) is 18.2 Å². The number of carbonyl (C=O) groups excluding carboxylic acids is 1. The van der Waals surface area contributed by atoms with E-state index in [2.05, 4.69) is 9.64 Å². The first-order chi connectivity index (χ1) is 9.08. The number of nitrogens with zero attached hydrogens (tertiary/aromatic N) is 1. The van der Waals surface area contributed by atoms with Gasteiger partial charge < -0.3 is 19.1 Å². The molecule has 19 heavy (non-hydrogen) atoms. The van der Waals surface area contributed by atoms with Gasteiger partial charge in [-0.05, 0) is 38.7 Å². The van der Waals surface area contributed by atoms with Gasteiger partial charge in [-0.1, -0.05) is 0 Å². The molecule has 1 rings (SSSR count). The second-order valence-electron chi connectivity index (χ2n) is 4.36. The van der Waals surface area contributed by atoms with E-state index in [0.29, 0.717) is 23.7 Å². The normalized spacial score (nSPS) is 10.4. The number of benzene rings is 1. The number of carbonyl (C=O) groups is 1. The summed E-state index contributed by atoms with van der Waals surface area (Å²) in [5, 5.41) is 0. The Morgan fingerprint density at radius 3 is 2.53 bits per heavy atom. The molecular weight excluding hydrogens is 246 g/mol. The predicted octanol–water partition coefficient (Wildman–Crippen LogP) is 1.81. The molecule has 0 bridgehead atoms. The standard InChI is InChI=1S/C14H21NO4/c1-15(2)8-5-9-19-12-7-6-11(14(16)18-4)10-13(12)17-3/h6-7,10H,5,8-9H2,1-4H3. The Hall–Kier alpha value is -1.75. The molecule has 0 spiro atoms. The zero-order valence-corrected chi connectivity index (χ0v) is 11.9. The lowest BCUT2D eigenvalue weighted by Gasteiger charge is -2.13. The molecule has 0 atom stereocenters. The first-order valence-corrected chi connectivity index (χ1v) is 6.12. The van der Waals surface area contributed by atoms with Crippen molar-refractivity contribution in [2.75, 3.05) is 41.5 Å². The minimum atomic E-state index is -0.391. The van der Waals surface area contributed by atoms with Crippen molar-refractivity contribution in [2.45, 2.75) is 6.42 Å². The molecule has 0 amide bonds. The summed E-state index contributed by atoms with van der Waals surface area (Å²) in [6.45, 7) is 1.56. The second-order valence-corrected chi connectivity index (χ2v) is 4.36. The van der Waals surface area contributed by atoms with Gasteiger partial charge in [-0.3, -0.25) is 0 Å². The molecule has 106 valence electrons. The van der Waals surface area contributed by atoms with Gasteiger partial charge in [0.2, 0.25) is 0 Å². The maximum atomic E-state index is 11.4. The van der Waals surface area contributed by atoms with Crippen molar-refractivity contribution in [1.29, 1.82) is 0 Å². The minimum Gasteiger partial charge on any atom is -0.493 e. The molecule has 1 aromatic carbocycles. The third-order valence-electron chi connectivity index (χ3n) is 2.59. The van der Waals surface area contributed by atoms with Crippen LogP contribution in [0.1, 0.15) is 16.8 Å². The number of hydrogen-bond acceptors (Lipinski definition) is 5. The highest BCUT2D eigenvalue weighted by molar-refractivity contribution is 5.90. The Balaban J connectivity index is 2.65. The third kappa shape index (κ3) is 4.79. The van der Waals surface area contributed by atoms with E-state index in [9.17, 15) is 4.79 Å². The van der Waals surface area contributed by atoms with E-state index in [1.165, 1.54) is 7.11 Å². The van der Waals surface area contributed by atoms with Gasteiger partial charge >= 0.3 is 5.97 Å². The molecule has 5 heteroatoms. The molecule has 0 saturated heterocycles. The predicted molar refractivity (Wildman–Crippen MR) is 73.0 cm³/mol. The molecule has 0 heterocycles. The number of ether oxygens (including phenoxy) is 3. The quantitative estimate of drug-likeness (QED) is 0.557. The smallest absolute Gasteiger partial charge is 0.337 e. The minimum absolute atomic E-state index is 0.391. The van der Waals surface area contributed by atoms with Crippen molar-refractivity contribution in [3.8, 4) is 11.5 Å². The molecule has 0 saturated carbocycles. The highest BCUT2D eigenvalue weighted by Gasteiger charge is 2.11. The van der Waals surface area contributed by atoms with Crippen molar-refractivity contribution < 1.29 is 19.0 Å². The van der Waals surface area contributed by atoms with Gasteiger partial charge in [-0.2, -0.15) is 0 Å². The fraction of sp³-hybridized carbons (Fsp3) is 0.500. The average molecular weight is 267 g/mol. The van der Waals surface area contributed by atoms with Crippen LogP contribution in [-0.2, 0) is 4.74 Å². The van der Waals surface area contributed by atoms with Gasteiger partial charge in [0.05, 0.1) is 26.4 Å². The fourth-order valence-electron chi connectivity index (χ4n) is 1.59. The van der Waals surface area contributed by atoms with Crippen LogP contribution in [0.2, 0.25) is 0 Å². The summed E-state index contributed by atoms with van der Waals surface area (Å²) < 4.78 is 15.5. The zero-order chi connectivity index (χ0) is 14.3. The molecule has 0 aliphatic heterocycles. The average Bonchev–Trinajstić information content (AvgIpc) is 2.42. The van der Waals surface area contributed by atoms with Gasteiger partial charge in [0, 0.05) is 6.54 Å². The van der Waals surface area contributed by atoms with Crippen LogP contribution < -0.4 is 9.47 Å². The highest BCUT2D eigenvalue weighted by Crippen LogP contribution is 2.28. The summed E-state index contributed by atoms with van der Waals surface area (Å²) in [6.07, 6.45) is 0.926. The summed E-state index contributed by atoms with van der Waals surface area (Å²) in [5.41, 5.74) is 0.444. The second kappa shape index (κ2) is 7.63. The van der Waals surface area contributed by atoms with Crippen LogP contribution in [0, 0.1) is 0 Å². The van der Waals surface area contributed by atoms with Crippen molar-refractivity contribution in [1.82, 2.24) is 4.90 Å². The molecule has 1 aromatic rings.